The summed E-state index contributed by atoms with van der Waals surface area (Å²) < 4.78 is 13.4. The van der Waals surface area contributed by atoms with Crippen molar-refractivity contribution in [1.82, 2.24) is 0 Å². The summed E-state index contributed by atoms with van der Waals surface area (Å²) >= 11 is 0. The van der Waals surface area contributed by atoms with Crippen LogP contribution in [0.15, 0.2) is 233 Å². The zero-order valence-corrected chi connectivity index (χ0v) is 33.6. The van der Waals surface area contributed by atoms with Crippen molar-refractivity contribution < 1.29 is 8.83 Å². The van der Waals surface area contributed by atoms with E-state index in [9.17, 15) is 0 Å². The third-order valence-corrected chi connectivity index (χ3v) is 13.1. The number of furan rings is 2. The third-order valence-electron chi connectivity index (χ3n) is 13.1. The maximum atomic E-state index is 7.10. The van der Waals surface area contributed by atoms with E-state index in [0.29, 0.717) is 0 Å². The van der Waals surface area contributed by atoms with Gasteiger partial charge in [0.1, 0.15) is 16.7 Å². The van der Waals surface area contributed by atoms with Crippen molar-refractivity contribution in [3.05, 3.63) is 247 Å². The Bertz CT molecular complexity index is 3650. The van der Waals surface area contributed by atoms with Gasteiger partial charge >= 0.3 is 0 Å². The van der Waals surface area contributed by atoms with Crippen LogP contribution in [0.4, 0.5) is 17.1 Å². The Hall–Kier alpha value is -8.14. The Morgan fingerprint density at radius 3 is 1.77 bits per heavy atom. The molecule has 0 spiro atoms. The van der Waals surface area contributed by atoms with E-state index in [1.165, 1.54) is 33.4 Å². The quantitative estimate of drug-likeness (QED) is 0.168. The Morgan fingerprint density at radius 2 is 0.952 bits per heavy atom. The standard InChI is InChI=1S/C59H37NO2/c1-3-16-41(17-4-1)59(42-18-5-2-6-19-42)50-24-11-9-22-49(50)56-51(59)25-14-26-52(56)60(53-27-13-23-47-48-36-31-39-15-7-8-20-44(39)57(48)62-58(47)53)43-33-29-38(30-34-43)40-32-35-46-45-21-10-12-28-54(45)61-55(46)37-40/h1-37H. The van der Waals surface area contributed by atoms with Crippen molar-refractivity contribution in [3.8, 4) is 22.3 Å². The molecule has 62 heavy (non-hydrogen) atoms. The van der Waals surface area contributed by atoms with Gasteiger partial charge in [-0.3, -0.25) is 0 Å². The maximum absolute atomic E-state index is 7.10. The first-order valence-electron chi connectivity index (χ1n) is 21.2. The van der Waals surface area contributed by atoms with Gasteiger partial charge in [-0.2, -0.15) is 0 Å². The Kier molecular flexibility index (Phi) is 7.52. The first-order chi connectivity index (χ1) is 30.8. The molecule has 290 valence electrons. The Balaban J connectivity index is 1.07. The van der Waals surface area contributed by atoms with E-state index >= 15 is 0 Å². The van der Waals surface area contributed by atoms with Gasteiger partial charge in [-0.25, -0.2) is 0 Å². The normalized spacial score (nSPS) is 13.0. The van der Waals surface area contributed by atoms with Gasteiger partial charge in [-0.15, -0.1) is 0 Å². The summed E-state index contributed by atoms with van der Waals surface area (Å²) in [7, 11) is 0. The van der Waals surface area contributed by atoms with Gasteiger partial charge in [0.15, 0.2) is 5.58 Å². The Labute approximate surface area is 358 Å². The van der Waals surface area contributed by atoms with Crippen LogP contribution in [0.5, 0.6) is 0 Å². The minimum Gasteiger partial charge on any atom is -0.456 e. The minimum absolute atomic E-state index is 0.542. The molecule has 3 heteroatoms. The molecule has 0 saturated carbocycles. The van der Waals surface area contributed by atoms with E-state index in [0.717, 1.165) is 82.8 Å². The van der Waals surface area contributed by atoms with E-state index in [4.69, 9.17) is 8.83 Å². The summed E-state index contributed by atoms with van der Waals surface area (Å²) in [6.07, 6.45) is 0. The van der Waals surface area contributed by atoms with Crippen molar-refractivity contribution in [1.29, 1.82) is 0 Å². The molecule has 0 N–H and O–H groups in total. The van der Waals surface area contributed by atoms with Gasteiger partial charge in [0.25, 0.3) is 0 Å². The van der Waals surface area contributed by atoms with Crippen molar-refractivity contribution in [2.45, 2.75) is 5.41 Å². The maximum Gasteiger partial charge on any atom is 0.159 e. The van der Waals surface area contributed by atoms with Crippen molar-refractivity contribution in [2.24, 2.45) is 0 Å². The number of hydrogen-bond acceptors (Lipinski definition) is 3. The van der Waals surface area contributed by atoms with Crippen LogP contribution >= 0.6 is 0 Å². The molecule has 13 rings (SSSR count). The van der Waals surface area contributed by atoms with Gasteiger partial charge < -0.3 is 13.7 Å². The van der Waals surface area contributed by atoms with Gasteiger partial charge in [-0.05, 0) is 92.9 Å². The minimum atomic E-state index is -0.542. The second-order valence-corrected chi connectivity index (χ2v) is 16.3. The molecular formula is C59H37NO2. The number of anilines is 3. The molecule has 0 atom stereocenters. The lowest BCUT2D eigenvalue weighted by Crippen LogP contribution is -2.28. The van der Waals surface area contributed by atoms with Crippen LogP contribution < -0.4 is 4.90 Å². The summed E-state index contributed by atoms with van der Waals surface area (Å²) in [5, 5.41) is 6.71. The molecule has 1 aliphatic rings. The number of benzene rings is 10. The first kappa shape index (κ1) is 34.7. The van der Waals surface area contributed by atoms with E-state index < -0.39 is 5.41 Å². The van der Waals surface area contributed by atoms with Gasteiger partial charge in [-0.1, -0.05) is 176 Å². The number of para-hydroxylation sites is 2. The highest BCUT2D eigenvalue weighted by Crippen LogP contribution is 2.60. The smallest absolute Gasteiger partial charge is 0.159 e. The van der Waals surface area contributed by atoms with Crippen LogP contribution in [-0.4, -0.2) is 0 Å². The molecule has 1 aliphatic carbocycles. The van der Waals surface area contributed by atoms with Crippen molar-refractivity contribution in [2.75, 3.05) is 4.90 Å². The SMILES string of the molecule is c1ccc(C2(c3ccccc3)c3ccccc3-c3c(N(c4ccc(-c5ccc6c(c5)oc5ccccc56)cc4)c4cccc5c4oc4c6ccccc6ccc54)cccc32)cc1. The van der Waals surface area contributed by atoms with E-state index in [-0.39, 0.29) is 0 Å². The monoisotopic (exact) mass is 791 g/mol. The molecule has 0 radical (unpaired) electrons. The molecule has 0 amide bonds. The summed E-state index contributed by atoms with van der Waals surface area (Å²) in [6.45, 7) is 0. The van der Waals surface area contributed by atoms with Crippen LogP contribution in [0.1, 0.15) is 22.3 Å². The predicted octanol–water partition coefficient (Wildman–Crippen LogP) is 16.1. The van der Waals surface area contributed by atoms with Gasteiger partial charge in [0.2, 0.25) is 0 Å². The molecular weight excluding hydrogens is 755 g/mol. The molecule has 2 aromatic heterocycles. The molecule has 0 unspecified atom stereocenters. The highest BCUT2D eigenvalue weighted by Gasteiger charge is 2.47. The van der Waals surface area contributed by atoms with E-state index in [1.54, 1.807) is 0 Å². The molecule has 12 aromatic rings. The molecule has 0 bridgehead atoms. The van der Waals surface area contributed by atoms with E-state index in [1.807, 2.05) is 12.1 Å². The average Bonchev–Trinajstić information content (AvgIpc) is 4.01. The lowest BCUT2D eigenvalue weighted by atomic mass is 9.68. The number of rotatable bonds is 6. The zero-order valence-electron chi connectivity index (χ0n) is 33.6. The molecule has 2 heterocycles. The Morgan fingerprint density at radius 1 is 0.355 bits per heavy atom. The molecule has 0 aliphatic heterocycles. The highest BCUT2D eigenvalue weighted by atomic mass is 16.3. The van der Waals surface area contributed by atoms with E-state index in [2.05, 4.69) is 217 Å². The van der Waals surface area contributed by atoms with Crippen LogP contribution in [0.3, 0.4) is 0 Å². The lowest BCUT2D eigenvalue weighted by Gasteiger charge is -2.34. The van der Waals surface area contributed by atoms with Gasteiger partial charge in [0, 0.05) is 38.2 Å². The summed E-state index contributed by atoms with van der Waals surface area (Å²) in [5.74, 6) is 0. The van der Waals surface area contributed by atoms with Crippen LogP contribution in [0.2, 0.25) is 0 Å². The number of nitrogens with zero attached hydrogens (tertiary/aromatic N) is 1. The van der Waals surface area contributed by atoms with Crippen LogP contribution in [0.25, 0.3) is 76.9 Å². The number of hydrogen-bond donors (Lipinski definition) is 0. The summed E-state index contributed by atoms with van der Waals surface area (Å²) in [6, 6.07) is 81.0. The van der Waals surface area contributed by atoms with Crippen LogP contribution in [-0.2, 0) is 5.41 Å². The second-order valence-electron chi connectivity index (χ2n) is 16.3. The topological polar surface area (TPSA) is 29.5 Å². The van der Waals surface area contributed by atoms with Crippen LogP contribution in [0, 0.1) is 0 Å². The van der Waals surface area contributed by atoms with Gasteiger partial charge in [0.05, 0.1) is 16.8 Å². The summed E-state index contributed by atoms with van der Waals surface area (Å²) in [4.78, 5) is 2.42. The molecule has 10 aromatic carbocycles. The predicted molar refractivity (Wildman–Crippen MR) is 256 cm³/mol. The molecule has 0 fully saturated rings. The third kappa shape index (κ3) is 4.94. The largest absolute Gasteiger partial charge is 0.456 e. The second kappa shape index (κ2) is 13.4. The highest BCUT2D eigenvalue weighted by molar-refractivity contribution is 6.18. The summed E-state index contributed by atoms with van der Waals surface area (Å²) in [5.41, 5.74) is 15.7. The average molecular weight is 792 g/mol. The zero-order chi connectivity index (χ0) is 40.8. The first-order valence-corrected chi connectivity index (χ1v) is 21.2. The lowest BCUT2D eigenvalue weighted by molar-refractivity contribution is 0.669. The number of fused-ring (bicyclic) bond motifs is 11. The fourth-order valence-electron chi connectivity index (χ4n) is 10.5. The fraction of sp³-hybridized carbons (Fsp3) is 0.0169. The molecule has 0 saturated heterocycles. The van der Waals surface area contributed by atoms with Crippen molar-refractivity contribution >= 4 is 71.7 Å². The molecule has 3 nitrogen and oxygen atoms in total. The fourth-order valence-corrected chi connectivity index (χ4v) is 10.5. The van der Waals surface area contributed by atoms with Crippen molar-refractivity contribution in [3.63, 3.8) is 0 Å².